The largest absolute Gasteiger partial charge is 0.481 e. The van der Waals surface area contributed by atoms with Crippen molar-refractivity contribution in [1.29, 1.82) is 0 Å². The molecule has 0 bridgehead atoms. The number of anilines is 1. The maximum absolute atomic E-state index is 10.6. The second-order valence-electron chi connectivity index (χ2n) is 3.25. The first kappa shape index (κ1) is 10.8. The average Bonchev–Trinajstić information content (AvgIpc) is 2.32. The highest BCUT2D eigenvalue weighted by molar-refractivity contribution is 6.33. The van der Waals surface area contributed by atoms with Gasteiger partial charge in [0, 0.05) is 6.04 Å². The summed E-state index contributed by atoms with van der Waals surface area (Å²) in [6.45, 7) is 3.77. The van der Waals surface area contributed by atoms with Crippen molar-refractivity contribution >= 4 is 23.4 Å². The Morgan fingerprint density at radius 2 is 2.29 bits per heavy atom. The number of nitrogen functional groups attached to an aromatic ring is 1. The molecule has 1 aromatic heterocycles. The number of nitrogens with zero attached hydrogens (tertiary/aromatic N) is 2. The SMILES string of the molecule is CC(C)n1nc(N)c(Cl)c1CC(=O)O. The van der Waals surface area contributed by atoms with E-state index < -0.39 is 5.97 Å². The molecule has 3 N–H and O–H groups in total. The molecule has 1 heterocycles. The third kappa shape index (κ3) is 1.98. The normalized spacial score (nSPS) is 10.9. The molecule has 5 nitrogen and oxygen atoms in total. The Balaban J connectivity index is 3.16. The first-order valence-corrected chi connectivity index (χ1v) is 4.55. The van der Waals surface area contributed by atoms with Crippen molar-refractivity contribution in [3.63, 3.8) is 0 Å². The fourth-order valence-electron chi connectivity index (χ4n) is 1.20. The van der Waals surface area contributed by atoms with E-state index in [-0.39, 0.29) is 23.3 Å². The third-order valence-corrected chi connectivity index (χ3v) is 2.19. The minimum absolute atomic E-state index is 0.0409. The van der Waals surface area contributed by atoms with Crippen LogP contribution in [0.3, 0.4) is 0 Å². The quantitative estimate of drug-likeness (QED) is 0.800. The van der Waals surface area contributed by atoms with E-state index in [0.29, 0.717) is 5.69 Å². The number of rotatable bonds is 3. The second kappa shape index (κ2) is 3.88. The summed E-state index contributed by atoms with van der Waals surface area (Å²) in [4.78, 5) is 10.6. The number of carboxylic acid groups (broad SMARTS) is 1. The molecule has 0 fully saturated rings. The number of aromatic nitrogens is 2. The monoisotopic (exact) mass is 217 g/mol. The first-order chi connectivity index (χ1) is 6.43. The van der Waals surface area contributed by atoms with Crippen LogP contribution in [0.25, 0.3) is 0 Å². The number of carbonyl (C=O) groups is 1. The Morgan fingerprint density at radius 1 is 1.71 bits per heavy atom. The van der Waals surface area contributed by atoms with Crippen LogP contribution >= 0.6 is 11.6 Å². The molecular formula is C8H12ClN3O2. The minimum atomic E-state index is -0.950. The predicted octanol–water partition coefficient (Wildman–Crippen LogP) is 1.33. The highest BCUT2D eigenvalue weighted by Crippen LogP contribution is 2.25. The number of nitrogens with two attached hydrogens (primary N) is 1. The van der Waals surface area contributed by atoms with Gasteiger partial charge in [0.1, 0.15) is 5.02 Å². The van der Waals surface area contributed by atoms with Crippen LogP contribution in [0, 0.1) is 0 Å². The molecule has 0 aliphatic carbocycles. The van der Waals surface area contributed by atoms with Crippen molar-refractivity contribution in [2.45, 2.75) is 26.3 Å². The molecule has 0 atom stereocenters. The molecule has 78 valence electrons. The lowest BCUT2D eigenvalue weighted by molar-refractivity contribution is -0.136. The molecule has 6 heteroatoms. The molecule has 0 aliphatic rings. The molecule has 0 aromatic carbocycles. The van der Waals surface area contributed by atoms with Crippen molar-refractivity contribution in [2.75, 3.05) is 5.73 Å². The van der Waals surface area contributed by atoms with Gasteiger partial charge in [-0.05, 0) is 13.8 Å². The molecule has 0 saturated carbocycles. The summed E-state index contributed by atoms with van der Waals surface area (Å²) in [5.41, 5.74) is 5.95. The Hall–Kier alpha value is -1.23. The zero-order valence-electron chi connectivity index (χ0n) is 7.99. The summed E-state index contributed by atoms with van der Waals surface area (Å²) >= 11 is 5.83. The third-order valence-electron chi connectivity index (χ3n) is 1.78. The van der Waals surface area contributed by atoms with E-state index >= 15 is 0 Å². The van der Waals surface area contributed by atoms with Crippen LogP contribution in [0.5, 0.6) is 0 Å². The van der Waals surface area contributed by atoms with Gasteiger partial charge in [-0.3, -0.25) is 9.48 Å². The Labute approximate surface area is 86.5 Å². The summed E-state index contributed by atoms with van der Waals surface area (Å²) in [5.74, 6) is -0.773. The molecule has 14 heavy (non-hydrogen) atoms. The summed E-state index contributed by atoms with van der Waals surface area (Å²) in [6.07, 6.45) is -0.165. The second-order valence-corrected chi connectivity index (χ2v) is 3.63. The lowest BCUT2D eigenvalue weighted by Gasteiger charge is -2.08. The molecular weight excluding hydrogens is 206 g/mol. The average molecular weight is 218 g/mol. The maximum atomic E-state index is 10.6. The van der Waals surface area contributed by atoms with Gasteiger partial charge in [0.15, 0.2) is 5.82 Å². The Morgan fingerprint density at radius 3 is 2.71 bits per heavy atom. The molecule has 0 unspecified atom stereocenters. The van der Waals surface area contributed by atoms with Crippen LogP contribution in [0.15, 0.2) is 0 Å². The van der Waals surface area contributed by atoms with Crippen LogP contribution in [0.2, 0.25) is 5.02 Å². The van der Waals surface area contributed by atoms with E-state index in [9.17, 15) is 4.79 Å². The first-order valence-electron chi connectivity index (χ1n) is 4.17. The Bertz CT molecular complexity index is 360. The molecule has 1 rings (SSSR count). The van der Waals surface area contributed by atoms with E-state index in [2.05, 4.69) is 5.10 Å². The van der Waals surface area contributed by atoms with Gasteiger partial charge < -0.3 is 10.8 Å². The van der Waals surface area contributed by atoms with E-state index in [1.807, 2.05) is 13.8 Å². The zero-order chi connectivity index (χ0) is 10.9. The maximum Gasteiger partial charge on any atom is 0.309 e. The summed E-state index contributed by atoms with van der Waals surface area (Å²) in [6, 6.07) is 0.0409. The minimum Gasteiger partial charge on any atom is -0.481 e. The van der Waals surface area contributed by atoms with Gasteiger partial charge in [-0.2, -0.15) is 5.10 Å². The number of aliphatic carboxylic acids is 1. The highest BCUT2D eigenvalue weighted by Gasteiger charge is 2.18. The van der Waals surface area contributed by atoms with E-state index in [0.717, 1.165) is 0 Å². The van der Waals surface area contributed by atoms with Crippen LogP contribution in [0.4, 0.5) is 5.82 Å². The van der Waals surface area contributed by atoms with Crippen molar-refractivity contribution in [1.82, 2.24) is 9.78 Å². The molecule has 1 aromatic rings. The van der Waals surface area contributed by atoms with Gasteiger partial charge in [-0.25, -0.2) is 0 Å². The summed E-state index contributed by atoms with van der Waals surface area (Å²) in [5, 5.41) is 12.9. The van der Waals surface area contributed by atoms with E-state index in [1.54, 1.807) is 0 Å². The molecule has 0 spiro atoms. The molecule has 0 amide bonds. The van der Waals surface area contributed by atoms with Gasteiger partial charge in [-0.15, -0.1) is 0 Å². The van der Waals surface area contributed by atoms with Gasteiger partial charge in [0.2, 0.25) is 0 Å². The van der Waals surface area contributed by atoms with Crippen molar-refractivity contribution in [3.05, 3.63) is 10.7 Å². The summed E-state index contributed by atoms with van der Waals surface area (Å²) in [7, 11) is 0. The molecule has 0 aliphatic heterocycles. The fraction of sp³-hybridized carbons (Fsp3) is 0.500. The van der Waals surface area contributed by atoms with Crippen LogP contribution in [0.1, 0.15) is 25.6 Å². The van der Waals surface area contributed by atoms with E-state index in [4.69, 9.17) is 22.4 Å². The van der Waals surface area contributed by atoms with Crippen LogP contribution in [-0.4, -0.2) is 20.9 Å². The van der Waals surface area contributed by atoms with Crippen molar-refractivity contribution < 1.29 is 9.90 Å². The van der Waals surface area contributed by atoms with Gasteiger partial charge in [0.05, 0.1) is 12.1 Å². The van der Waals surface area contributed by atoms with Gasteiger partial charge in [0.25, 0.3) is 0 Å². The topological polar surface area (TPSA) is 81.1 Å². The number of carboxylic acids is 1. The highest BCUT2D eigenvalue weighted by atomic mass is 35.5. The van der Waals surface area contributed by atoms with Crippen molar-refractivity contribution in [2.24, 2.45) is 0 Å². The lowest BCUT2D eigenvalue weighted by atomic mass is 10.3. The predicted molar refractivity (Wildman–Crippen MR) is 53.4 cm³/mol. The van der Waals surface area contributed by atoms with Gasteiger partial charge in [-0.1, -0.05) is 11.6 Å². The van der Waals surface area contributed by atoms with Gasteiger partial charge >= 0.3 is 5.97 Å². The fourth-order valence-corrected chi connectivity index (χ4v) is 1.39. The number of hydrogen-bond donors (Lipinski definition) is 2. The van der Waals surface area contributed by atoms with Crippen LogP contribution < -0.4 is 5.73 Å². The standard InChI is InChI=1S/C8H12ClN3O2/c1-4(2)12-5(3-6(13)14)7(9)8(10)11-12/h4H,3H2,1-2H3,(H2,10,11)(H,13,14). The van der Waals surface area contributed by atoms with E-state index in [1.165, 1.54) is 4.68 Å². The Kier molecular flexibility index (Phi) is 3.00. The molecule has 0 saturated heterocycles. The molecule has 0 radical (unpaired) electrons. The van der Waals surface area contributed by atoms with Crippen molar-refractivity contribution in [3.8, 4) is 0 Å². The summed E-state index contributed by atoms with van der Waals surface area (Å²) < 4.78 is 1.53. The smallest absolute Gasteiger partial charge is 0.309 e. The zero-order valence-corrected chi connectivity index (χ0v) is 8.75. The van der Waals surface area contributed by atoms with Crippen LogP contribution in [-0.2, 0) is 11.2 Å². The lowest BCUT2D eigenvalue weighted by Crippen LogP contribution is -2.11. The number of hydrogen-bond acceptors (Lipinski definition) is 3. The number of halogens is 1.